The van der Waals surface area contributed by atoms with E-state index in [0.717, 1.165) is 23.7 Å². The van der Waals surface area contributed by atoms with E-state index in [1.54, 1.807) is 0 Å². The summed E-state index contributed by atoms with van der Waals surface area (Å²) in [7, 11) is 0. The van der Waals surface area contributed by atoms with E-state index in [2.05, 4.69) is 54.2 Å². The van der Waals surface area contributed by atoms with Crippen molar-refractivity contribution in [3.8, 4) is 0 Å². The summed E-state index contributed by atoms with van der Waals surface area (Å²) >= 11 is 3.94. The van der Waals surface area contributed by atoms with Crippen molar-refractivity contribution in [2.24, 2.45) is 29.1 Å². The molecule has 1 saturated carbocycles. The largest absolute Gasteiger partial charge is 0.121 e. The molecule has 0 heterocycles. The van der Waals surface area contributed by atoms with Crippen LogP contribution in [0, 0.1) is 29.1 Å². The summed E-state index contributed by atoms with van der Waals surface area (Å²) in [5.74, 6) is 3.28. The molecule has 0 aromatic heterocycles. The summed E-state index contributed by atoms with van der Waals surface area (Å²) in [6, 6.07) is 0. The molecule has 78 valence electrons. The summed E-state index contributed by atoms with van der Waals surface area (Å²) in [6.07, 6.45) is 0. The lowest BCUT2D eigenvalue weighted by Gasteiger charge is -2.49. The van der Waals surface area contributed by atoms with Gasteiger partial charge in [0.15, 0.2) is 0 Å². The first-order valence-electron chi connectivity index (χ1n) is 5.51. The van der Waals surface area contributed by atoms with E-state index >= 15 is 0 Å². The minimum absolute atomic E-state index is 0.433. The Morgan fingerprint density at radius 1 is 0.846 bits per heavy atom. The van der Waals surface area contributed by atoms with Gasteiger partial charge in [-0.1, -0.05) is 41.5 Å². The van der Waals surface area contributed by atoms with Crippen molar-refractivity contribution in [3.05, 3.63) is 0 Å². The molecule has 1 fully saturated rings. The van der Waals surface area contributed by atoms with Crippen molar-refractivity contribution >= 4 is 12.6 Å². The Balaban J connectivity index is 2.93. The third-order valence-corrected chi connectivity index (χ3v) is 6.22. The fourth-order valence-corrected chi connectivity index (χ4v) is 3.44. The van der Waals surface area contributed by atoms with E-state index in [0.29, 0.717) is 10.7 Å². The van der Waals surface area contributed by atoms with E-state index in [4.69, 9.17) is 0 Å². The molecule has 5 atom stereocenters. The Labute approximate surface area is 88.9 Å². The molecule has 0 N–H and O–H groups in total. The second-order valence-electron chi connectivity index (χ2n) is 5.67. The van der Waals surface area contributed by atoms with Gasteiger partial charge in [0.05, 0.1) is 0 Å². The zero-order valence-corrected chi connectivity index (χ0v) is 10.9. The maximum Gasteiger partial charge on any atom is 0.121 e. The molecular weight excluding hydrogens is 176 g/mol. The van der Waals surface area contributed by atoms with E-state index in [-0.39, 0.29) is 0 Å². The van der Waals surface area contributed by atoms with Gasteiger partial charge < -0.3 is 0 Å². The highest BCUT2D eigenvalue weighted by Gasteiger charge is 2.49. The van der Waals surface area contributed by atoms with Crippen LogP contribution in [0.3, 0.4) is 0 Å². The zero-order chi connectivity index (χ0) is 10.4. The predicted octanol–water partition coefficient (Wildman–Crippen LogP) is 2.95. The number of hydrogen-bond donors (Lipinski definition) is 0. The van der Waals surface area contributed by atoms with Gasteiger partial charge in [0, 0.05) is 11.3 Å². The van der Waals surface area contributed by atoms with Crippen molar-refractivity contribution in [2.75, 3.05) is 0 Å². The van der Waals surface area contributed by atoms with Crippen LogP contribution in [0.15, 0.2) is 0 Å². The van der Waals surface area contributed by atoms with E-state index in [9.17, 15) is 0 Å². The normalized spacial score (nSPS) is 50.5. The van der Waals surface area contributed by atoms with Gasteiger partial charge in [-0.25, -0.2) is 0 Å². The summed E-state index contributed by atoms with van der Waals surface area (Å²) in [6.45, 7) is 14.4. The number of rotatable bonds is 0. The third-order valence-electron chi connectivity index (χ3n) is 4.95. The molecule has 13 heavy (non-hydrogen) atoms. The third kappa shape index (κ3) is 1.65. The second kappa shape index (κ2) is 3.49. The highest BCUT2D eigenvalue weighted by Crippen LogP contribution is 2.49. The van der Waals surface area contributed by atoms with Crippen LogP contribution in [0.1, 0.15) is 41.5 Å². The average molecular weight is 201 g/mol. The quantitative estimate of drug-likeness (QED) is 0.529. The molecule has 0 radical (unpaired) electrons. The molecule has 0 saturated heterocycles. The fourth-order valence-electron chi connectivity index (χ4n) is 2.88. The Morgan fingerprint density at radius 2 is 1.31 bits per heavy atom. The van der Waals surface area contributed by atoms with Crippen LogP contribution < -0.4 is 0 Å². The van der Waals surface area contributed by atoms with E-state index in [1.165, 1.54) is 0 Å². The monoisotopic (exact) mass is 201 g/mol. The van der Waals surface area contributed by atoms with Crippen LogP contribution in [-0.2, 0) is 12.6 Å². The predicted molar refractivity (Wildman–Crippen MR) is 64.4 cm³/mol. The molecule has 0 aromatic carbocycles. The minimum Gasteiger partial charge on any atom is -0.0620 e. The van der Waals surface area contributed by atoms with Crippen LogP contribution in [0.5, 0.6) is 0 Å². The van der Waals surface area contributed by atoms with Gasteiger partial charge in [0.25, 0.3) is 0 Å². The molecule has 0 aromatic rings. The van der Waals surface area contributed by atoms with Crippen molar-refractivity contribution in [1.29, 1.82) is 0 Å². The molecule has 0 bridgehead atoms. The van der Waals surface area contributed by atoms with Gasteiger partial charge in [-0.05, 0) is 30.4 Å². The maximum atomic E-state index is 3.94. The molecule has 0 spiro atoms. The zero-order valence-electron chi connectivity index (χ0n) is 9.89. The van der Waals surface area contributed by atoms with Crippen molar-refractivity contribution in [3.63, 3.8) is 0 Å². The molecule has 0 aliphatic heterocycles. The van der Waals surface area contributed by atoms with Crippen LogP contribution in [0.4, 0.5) is 0 Å². The molecular formula is C12H25S+. The SMILES string of the molecule is CC1C(C)C(C)C(C)(C)C([SH2+])C1C. The standard InChI is InChI=1S/C12H24S/c1-7-8(2)10(4)12(5,6)11(13)9(7)3/h7-11,13H,1-6H3/p+1. The van der Waals surface area contributed by atoms with E-state index in [1.807, 2.05) is 0 Å². The van der Waals surface area contributed by atoms with Crippen LogP contribution in [0.25, 0.3) is 0 Å². The van der Waals surface area contributed by atoms with Gasteiger partial charge in [-0.3, -0.25) is 0 Å². The summed E-state index contributed by atoms with van der Waals surface area (Å²) in [5, 5.41) is 0.661. The van der Waals surface area contributed by atoms with Crippen molar-refractivity contribution in [1.82, 2.24) is 0 Å². The van der Waals surface area contributed by atoms with Gasteiger partial charge in [-0.2, -0.15) is 0 Å². The molecule has 1 aliphatic rings. The smallest absolute Gasteiger partial charge is 0.0620 e. The molecule has 5 unspecified atom stereocenters. The average Bonchev–Trinajstić information content (AvgIpc) is 2.09. The van der Waals surface area contributed by atoms with Gasteiger partial charge >= 0.3 is 0 Å². The first kappa shape index (κ1) is 11.4. The van der Waals surface area contributed by atoms with Crippen LogP contribution in [0.2, 0.25) is 0 Å². The van der Waals surface area contributed by atoms with Crippen LogP contribution in [-0.4, -0.2) is 5.25 Å². The lowest BCUT2D eigenvalue weighted by molar-refractivity contribution is 0.0264. The first-order chi connectivity index (χ1) is 5.80. The van der Waals surface area contributed by atoms with Crippen LogP contribution >= 0.6 is 0 Å². The van der Waals surface area contributed by atoms with Gasteiger partial charge in [0.2, 0.25) is 0 Å². The Kier molecular flexibility index (Phi) is 3.07. The minimum atomic E-state index is 0.433. The fraction of sp³-hybridized carbons (Fsp3) is 1.00. The second-order valence-corrected chi connectivity index (χ2v) is 6.29. The van der Waals surface area contributed by atoms with Gasteiger partial charge in [-0.15, -0.1) is 0 Å². The van der Waals surface area contributed by atoms with Crippen molar-refractivity contribution < 1.29 is 0 Å². The highest BCUT2D eigenvalue weighted by molar-refractivity contribution is 7.59. The molecule has 1 aliphatic carbocycles. The summed E-state index contributed by atoms with van der Waals surface area (Å²) < 4.78 is 0. The van der Waals surface area contributed by atoms with Gasteiger partial charge in [0.1, 0.15) is 5.25 Å². The molecule has 0 nitrogen and oxygen atoms in total. The maximum absolute atomic E-state index is 3.94. The topological polar surface area (TPSA) is 0 Å². The molecule has 0 amide bonds. The van der Waals surface area contributed by atoms with E-state index < -0.39 is 0 Å². The molecule has 1 heteroatoms. The lowest BCUT2D eigenvalue weighted by atomic mass is 9.57. The lowest BCUT2D eigenvalue weighted by Crippen LogP contribution is -2.50. The summed E-state index contributed by atoms with van der Waals surface area (Å²) in [4.78, 5) is 0. The Bertz CT molecular complexity index is 168. The van der Waals surface area contributed by atoms with Crippen molar-refractivity contribution in [2.45, 2.75) is 46.8 Å². The highest BCUT2D eigenvalue weighted by atomic mass is 32.1. The molecule has 1 rings (SSSR count). The Hall–Kier alpha value is 0.350. The number of hydrogen-bond acceptors (Lipinski definition) is 0. The Morgan fingerprint density at radius 3 is 1.77 bits per heavy atom. The summed E-state index contributed by atoms with van der Waals surface area (Å²) in [5.41, 5.74) is 0.433. The first-order valence-corrected chi connectivity index (χ1v) is 6.09.